The van der Waals surface area contributed by atoms with Crippen LogP contribution in [0.1, 0.15) is 29.7 Å². The van der Waals surface area contributed by atoms with Gasteiger partial charge in [-0.3, -0.25) is 0 Å². The summed E-state index contributed by atoms with van der Waals surface area (Å²) in [5, 5.41) is 6.49. The van der Waals surface area contributed by atoms with Crippen LogP contribution in [0.2, 0.25) is 0 Å². The zero-order valence-electron chi connectivity index (χ0n) is 15.1. The predicted molar refractivity (Wildman–Crippen MR) is 106 cm³/mol. The number of nitrogens with zero attached hydrogens (tertiary/aromatic N) is 3. The van der Waals surface area contributed by atoms with E-state index in [0.717, 1.165) is 18.5 Å². The Bertz CT molecular complexity index is 833. The van der Waals surface area contributed by atoms with Crippen LogP contribution < -0.4 is 16.4 Å². The van der Waals surface area contributed by atoms with Crippen molar-refractivity contribution in [2.24, 2.45) is 0 Å². The molecule has 0 saturated heterocycles. The molecule has 0 aliphatic rings. The van der Waals surface area contributed by atoms with Crippen molar-refractivity contribution in [3.05, 3.63) is 71.3 Å². The number of anilines is 3. The van der Waals surface area contributed by atoms with Gasteiger partial charge < -0.3 is 16.4 Å². The van der Waals surface area contributed by atoms with Crippen molar-refractivity contribution < 1.29 is 0 Å². The quantitative estimate of drug-likeness (QED) is 0.605. The van der Waals surface area contributed by atoms with E-state index in [0.29, 0.717) is 11.9 Å². The highest BCUT2D eigenvalue weighted by Gasteiger charge is 2.09. The number of hydrogen-bond acceptors (Lipinski definition) is 6. The van der Waals surface area contributed by atoms with E-state index in [2.05, 4.69) is 75.8 Å². The molecule has 4 N–H and O–H groups in total. The molecule has 26 heavy (non-hydrogen) atoms. The topological polar surface area (TPSA) is 88.8 Å². The minimum Gasteiger partial charge on any atom is -0.368 e. The highest BCUT2D eigenvalue weighted by molar-refractivity contribution is 5.41. The molecule has 0 radical (unpaired) electrons. The van der Waals surface area contributed by atoms with Crippen LogP contribution in [0.5, 0.6) is 0 Å². The van der Waals surface area contributed by atoms with E-state index in [9.17, 15) is 0 Å². The minimum atomic E-state index is 0.0680. The second-order valence-electron chi connectivity index (χ2n) is 6.28. The van der Waals surface area contributed by atoms with Crippen LogP contribution in [0.4, 0.5) is 17.8 Å². The summed E-state index contributed by atoms with van der Waals surface area (Å²) in [7, 11) is 0. The second-order valence-corrected chi connectivity index (χ2v) is 6.28. The molecule has 0 spiro atoms. The van der Waals surface area contributed by atoms with E-state index in [4.69, 9.17) is 5.73 Å². The third kappa shape index (κ3) is 4.92. The monoisotopic (exact) mass is 348 g/mol. The van der Waals surface area contributed by atoms with Crippen LogP contribution in [0, 0.1) is 6.92 Å². The Kier molecular flexibility index (Phi) is 5.63. The molecule has 0 bridgehead atoms. The van der Waals surface area contributed by atoms with Crippen LogP contribution in [0.25, 0.3) is 0 Å². The number of hydrogen-bond donors (Lipinski definition) is 3. The lowest BCUT2D eigenvalue weighted by molar-refractivity contribution is 0.854. The van der Waals surface area contributed by atoms with Crippen molar-refractivity contribution in [2.45, 2.75) is 26.3 Å². The Morgan fingerprint density at radius 2 is 1.62 bits per heavy atom. The molecule has 6 nitrogen and oxygen atoms in total. The Balaban J connectivity index is 1.61. The molecule has 3 rings (SSSR count). The van der Waals surface area contributed by atoms with Gasteiger partial charge in [-0.25, -0.2) is 0 Å². The highest BCUT2D eigenvalue weighted by Crippen LogP contribution is 2.17. The standard InChI is InChI=1S/C20H24N6/c1-14-8-10-16(11-9-14)12-13-22-19-24-18(21)25-20(26-19)23-15(2)17-6-4-3-5-7-17/h3-11,15H,12-13H2,1-2H3,(H4,21,22,23,24,25,26)/t15-/m0/s1. The molecule has 0 saturated carbocycles. The van der Waals surface area contributed by atoms with Gasteiger partial charge in [-0.05, 0) is 31.4 Å². The molecule has 134 valence electrons. The van der Waals surface area contributed by atoms with Crippen LogP contribution in [-0.2, 0) is 6.42 Å². The molecule has 1 heterocycles. The van der Waals surface area contributed by atoms with E-state index >= 15 is 0 Å². The van der Waals surface area contributed by atoms with Crippen LogP contribution in [-0.4, -0.2) is 21.5 Å². The van der Waals surface area contributed by atoms with Crippen molar-refractivity contribution in [2.75, 3.05) is 22.9 Å². The van der Waals surface area contributed by atoms with Gasteiger partial charge in [-0.15, -0.1) is 0 Å². The highest BCUT2D eigenvalue weighted by atomic mass is 15.2. The molecule has 1 atom stereocenters. The number of benzene rings is 2. The van der Waals surface area contributed by atoms with Gasteiger partial charge in [0.1, 0.15) is 0 Å². The summed E-state index contributed by atoms with van der Waals surface area (Å²) in [5.74, 6) is 1.14. The Morgan fingerprint density at radius 3 is 2.35 bits per heavy atom. The summed E-state index contributed by atoms with van der Waals surface area (Å²) in [5.41, 5.74) is 9.51. The lowest BCUT2D eigenvalue weighted by Crippen LogP contribution is -2.14. The van der Waals surface area contributed by atoms with Crippen molar-refractivity contribution in [3.8, 4) is 0 Å². The first-order valence-corrected chi connectivity index (χ1v) is 8.72. The molecule has 0 fully saturated rings. The molecule has 0 unspecified atom stereocenters. The van der Waals surface area contributed by atoms with Crippen molar-refractivity contribution in [1.29, 1.82) is 0 Å². The maximum Gasteiger partial charge on any atom is 0.229 e. The Morgan fingerprint density at radius 1 is 0.923 bits per heavy atom. The second kappa shape index (κ2) is 8.29. The van der Waals surface area contributed by atoms with Gasteiger partial charge in [0.2, 0.25) is 17.8 Å². The number of nitrogen functional groups attached to an aromatic ring is 1. The molecular formula is C20H24N6. The van der Waals surface area contributed by atoms with Gasteiger partial charge in [-0.1, -0.05) is 60.2 Å². The maximum atomic E-state index is 5.83. The predicted octanol–water partition coefficient (Wildman–Crippen LogP) is 3.59. The lowest BCUT2D eigenvalue weighted by Gasteiger charge is -2.15. The van der Waals surface area contributed by atoms with Gasteiger partial charge in [0, 0.05) is 6.54 Å². The van der Waals surface area contributed by atoms with Gasteiger partial charge in [0.05, 0.1) is 6.04 Å². The smallest absolute Gasteiger partial charge is 0.229 e. The third-order valence-corrected chi connectivity index (χ3v) is 4.12. The zero-order chi connectivity index (χ0) is 18.4. The van der Waals surface area contributed by atoms with Gasteiger partial charge in [0.15, 0.2) is 0 Å². The lowest BCUT2D eigenvalue weighted by atomic mass is 10.1. The van der Waals surface area contributed by atoms with E-state index < -0.39 is 0 Å². The summed E-state index contributed by atoms with van der Waals surface area (Å²) in [6.45, 7) is 4.86. The first-order chi connectivity index (χ1) is 12.6. The summed E-state index contributed by atoms with van der Waals surface area (Å²) >= 11 is 0. The van der Waals surface area contributed by atoms with Crippen LogP contribution in [0.3, 0.4) is 0 Å². The fourth-order valence-electron chi connectivity index (χ4n) is 2.63. The molecule has 0 amide bonds. The van der Waals surface area contributed by atoms with Gasteiger partial charge >= 0.3 is 0 Å². The number of aromatic nitrogens is 3. The third-order valence-electron chi connectivity index (χ3n) is 4.12. The number of nitrogens with two attached hydrogens (primary N) is 1. The fourth-order valence-corrected chi connectivity index (χ4v) is 2.63. The van der Waals surface area contributed by atoms with Crippen molar-refractivity contribution in [1.82, 2.24) is 15.0 Å². The van der Waals surface area contributed by atoms with Gasteiger partial charge in [-0.2, -0.15) is 15.0 Å². The molecule has 1 aromatic heterocycles. The molecule has 0 aliphatic carbocycles. The van der Waals surface area contributed by atoms with Crippen molar-refractivity contribution in [3.63, 3.8) is 0 Å². The number of nitrogens with one attached hydrogen (secondary N) is 2. The zero-order valence-corrected chi connectivity index (χ0v) is 15.1. The minimum absolute atomic E-state index is 0.0680. The summed E-state index contributed by atoms with van der Waals surface area (Å²) in [4.78, 5) is 12.8. The Labute approximate surface area is 153 Å². The molecular weight excluding hydrogens is 324 g/mol. The SMILES string of the molecule is Cc1ccc(CCNc2nc(N)nc(N[C@@H](C)c3ccccc3)n2)cc1. The summed E-state index contributed by atoms with van der Waals surface area (Å²) in [6.07, 6.45) is 0.884. The summed E-state index contributed by atoms with van der Waals surface area (Å²) in [6, 6.07) is 18.7. The molecule has 6 heteroatoms. The molecule has 2 aromatic carbocycles. The molecule has 0 aliphatic heterocycles. The largest absolute Gasteiger partial charge is 0.368 e. The van der Waals surface area contributed by atoms with Crippen LogP contribution >= 0.6 is 0 Å². The van der Waals surface area contributed by atoms with E-state index in [1.807, 2.05) is 18.2 Å². The maximum absolute atomic E-state index is 5.83. The van der Waals surface area contributed by atoms with Crippen LogP contribution in [0.15, 0.2) is 54.6 Å². The Hall–Kier alpha value is -3.15. The fraction of sp³-hybridized carbons (Fsp3) is 0.250. The van der Waals surface area contributed by atoms with Crippen molar-refractivity contribution >= 4 is 17.8 Å². The average molecular weight is 348 g/mol. The number of rotatable bonds is 7. The summed E-state index contributed by atoms with van der Waals surface area (Å²) < 4.78 is 0. The average Bonchev–Trinajstić information content (AvgIpc) is 2.64. The van der Waals surface area contributed by atoms with E-state index in [-0.39, 0.29) is 12.0 Å². The number of aryl methyl sites for hydroxylation is 1. The first kappa shape index (κ1) is 17.7. The van der Waals surface area contributed by atoms with E-state index in [1.54, 1.807) is 0 Å². The first-order valence-electron chi connectivity index (χ1n) is 8.72. The van der Waals surface area contributed by atoms with Gasteiger partial charge in [0.25, 0.3) is 0 Å². The molecule has 3 aromatic rings. The normalized spacial score (nSPS) is 11.8. The van der Waals surface area contributed by atoms with E-state index in [1.165, 1.54) is 11.1 Å².